The number of nitrogens with one attached hydrogen (secondary N) is 1. The van der Waals surface area contributed by atoms with E-state index in [2.05, 4.69) is 17.3 Å². The number of carbonyl (C=O) groups excluding carboxylic acids is 1. The van der Waals surface area contributed by atoms with Crippen LogP contribution in [0.25, 0.3) is 0 Å². The van der Waals surface area contributed by atoms with Crippen molar-refractivity contribution in [3.63, 3.8) is 0 Å². The molecule has 1 aromatic rings. The SMILES string of the molecule is CCC1CN(C(=O)NCc2c(C3CCC3)cnn2C)CCCO1. The summed E-state index contributed by atoms with van der Waals surface area (Å²) < 4.78 is 7.64. The van der Waals surface area contributed by atoms with Crippen LogP contribution in [0.15, 0.2) is 6.20 Å². The Morgan fingerprint density at radius 2 is 2.26 bits per heavy atom. The highest BCUT2D eigenvalue weighted by Crippen LogP contribution is 2.37. The molecule has 0 radical (unpaired) electrons. The van der Waals surface area contributed by atoms with Crippen LogP contribution in [0, 0.1) is 0 Å². The first-order valence-corrected chi connectivity index (χ1v) is 8.84. The summed E-state index contributed by atoms with van der Waals surface area (Å²) in [6, 6.07) is 0.00899. The van der Waals surface area contributed by atoms with Gasteiger partial charge in [-0.3, -0.25) is 4.68 Å². The number of carbonyl (C=O) groups is 1. The minimum Gasteiger partial charge on any atom is -0.376 e. The zero-order valence-electron chi connectivity index (χ0n) is 14.3. The molecule has 2 fully saturated rings. The Morgan fingerprint density at radius 1 is 1.43 bits per heavy atom. The molecule has 3 rings (SSSR count). The average Bonchev–Trinajstić information content (AvgIpc) is 2.73. The highest BCUT2D eigenvalue weighted by atomic mass is 16.5. The summed E-state index contributed by atoms with van der Waals surface area (Å²) in [7, 11) is 1.95. The fourth-order valence-corrected chi connectivity index (χ4v) is 3.35. The molecule has 1 aliphatic carbocycles. The summed E-state index contributed by atoms with van der Waals surface area (Å²) in [6.07, 6.45) is 7.77. The molecule has 1 atom stereocenters. The third-order valence-electron chi connectivity index (χ3n) is 5.14. The van der Waals surface area contributed by atoms with E-state index in [9.17, 15) is 4.79 Å². The topological polar surface area (TPSA) is 59.4 Å². The van der Waals surface area contributed by atoms with Gasteiger partial charge >= 0.3 is 6.03 Å². The van der Waals surface area contributed by atoms with Crippen molar-refractivity contribution in [1.29, 1.82) is 0 Å². The largest absolute Gasteiger partial charge is 0.376 e. The average molecular weight is 320 g/mol. The lowest BCUT2D eigenvalue weighted by molar-refractivity contribution is 0.0554. The minimum absolute atomic E-state index is 0.00899. The molecule has 2 aliphatic rings. The van der Waals surface area contributed by atoms with E-state index in [-0.39, 0.29) is 12.1 Å². The van der Waals surface area contributed by atoms with E-state index in [1.54, 1.807) is 0 Å². The van der Waals surface area contributed by atoms with Gasteiger partial charge in [0.25, 0.3) is 0 Å². The molecule has 0 bridgehead atoms. The monoisotopic (exact) mass is 320 g/mol. The van der Waals surface area contributed by atoms with Crippen LogP contribution in [0.3, 0.4) is 0 Å². The van der Waals surface area contributed by atoms with Crippen LogP contribution in [0.1, 0.15) is 56.2 Å². The number of amides is 2. The molecule has 6 heteroatoms. The van der Waals surface area contributed by atoms with Crippen molar-refractivity contribution in [2.45, 2.75) is 57.6 Å². The fraction of sp³-hybridized carbons (Fsp3) is 0.765. The Hall–Kier alpha value is -1.56. The van der Waals surface area contributed by atoms with E-state index >= 15 is 0 Å². The molecule has 1 unspecified atom stereocenters. The molecule has 1 saturated carbocycles. The van der Waals surface area contributed by atoms with E-state index < -0.39 is 0 Å². The Kier molecular flexibility index (Phi) is 5.20. The van der Waals surface area contributed by atoms with E-state index in [0.29, 0.717) is 19.0 Å². The van der Waals surface area contributed by atoms with Gasteiger partial charge in [0.2, 0.25) is 0 Å². The number of hydrogen-bond acceptors (Lipinski definition) is 3. The van der Waals surface area contributed by atoms with Crippen molar-refractivity contribution >= 4 is 6.03 Å². The molecule has 0 spiro atoms. The summed E-state index contributed by atoms with van der Waals surface area (Å²) >= 11 is 0. The number of rotatable bonds is 4. The van der Waals surface area contributed by atoms with Crippen molar-refractivity contribution in [2.24, 2.45) is 7.05 Å². The summed E-state index contributed by atoms with van der Waals surface area (Å²) in [5, 5.41) is 7.46. The van der Waals surface area contributed by atoms with Gasteiger partial charge in [0, 0.05) is 26.7 Å². The predicted octanol–water partition coefficient (Wildman–Crippen LogP) is 2.40. The first-order chi connectivity index (χ1) is 11.2. The second kappa shape index (κ2) is 7.34. The Bertz CT molecular complexity index is 539. The standard InChI is InChI=1S/C17H28N4O2/c1-3-14-12-21(8-5-9-23-14)17(22)18-11-16-15(10-19-20(16)2)13-6-4-7-13/h10,13-14H,3-9,11-12H2,1-2H3,(H,18,22). The van der Waals surface area contributed by atoms with Gasteiger partial charge in [-0.1, -0.05) is 13.3 Å². The highest BCUT2D eigenvalue weighted by Gasteiger charge is 2.26. The van der Waals surface area contributed by atoms with E-state index in [4.69, 9.17) is 4.74 Å². The van der Waals surface area contributed by atoms with Crippen LogP contribution in [0.5, 0.6) is 0 Å². The summed E-state index contributed by atoms with van der Waals surface area (Å²) in [4.78, 5) is 14.4. The zero-order valence-corrected chi connectivity index (χ0v) is 14.3. The van der Waals surface area contributed by atoms with Gasteiger partial charge in [-0.15, -0.1) is 0 Å². The molecule has 1 N–H and O–H groups in total. The minimum atomic E-state index is 0.00899. The maximum absolute atomic E-state index is 12.5. The molecule has 23 heavy (non-hydrogen) atoms. The Morgan fingerprint density at radius 3 is 2.96 bits per heavy atom. The summed E-state index contributed by atoms with van der Waals surface area (Å²) in [5.74, 6) is 0.631. The third kappa shape index (κ3) is 3.68. The second-order valence-electron chi connectivity index (χ2n) is 6.66. The van der Waals surface area contributed by atoms with Gasteiger partial charge in [-0.2, -0.15) is 5.10 Å². The second-order valence-corrected chi connectivity index (χ2v) is 6.66. The van der Waals surface area contributed by atoms with E-state index in [1.807, 2.05) is 22.8 Å². The summed E-state index contributed by atoms with van der Waals surface area (Å²) in [5.41, 5.74) is 2.45. The number of nitrogens with zero attached hydrogens (tertiary/aromatic N) is 3. The molecule has 128 valence electrons. The van der Waals surface area contributed by atoms with Crippen molar-refractivity contribution in [2.75, 3.05) is 19.7 Å². The van der Waals surface area contributed by atoms with Crippen molar-refractivity contribution in [1.82, 2.24) is 20.0 Å². The van der Waals surface area contributed by atoms with Gasteiger partial charge in [0.1, 0.15) is 0 Å². The van der Waals surface area contributed by atoms with Gasteiger partial charge in [0.15, 0.2) is 0 Å². The molecule has 6 nitrogen and oxygen atoms in total. The van der Waals surface area contributed by atoms with Crippen LogP contribution in [-0.4, -0.2) is 46.5 Å². The number of hydrogen-bond donors (Lipinski definition) is 1. The van der Waals surface area contributed by atoms with Crippen LogP contribution in [0.4, 0.5) is 4.79 Å². The molecule has 1 aliphatic heterocycles. The number of aromatic nitrogens is 2. The maximum atomic E-state index is 12.5. The maximum Gasteiger partial charge on any atom is 0.317 e. The normalized spacial score (nSPS) is 22.5. The van der Waals surface area contributed by atoms with Crippen LogP contribution >= 0.6 is 0 Å². The number of aryl methyl sites for hydroxylation is 1. The van der Waals surface area contributed by atoms with Crippen LogP contribution in [0.2, 0.25) is 0 Å². The molecule has 2 amide bonds. The number of ether oxygens (including phenoxy) is 1. The first kappa shape index (κ1) is 16.3. The Labute approximate surface area is 138 Å². The van der Waals surface area contributed by atoms with Crippen LogP contribution < -0.4 is 5.32 Å². The lowest BCUT2D eigenvalue weighted by Gasteiger charge is -2.26. The zero-order chi connectivity index (χ0) is 16.2. The van der Waals surface area contributed by atoms with Gasteiger partial charge in [-0.05, 0) is 37.2 Å². The quantitative estimate of drug-likeness (QED) is 0.927. The van der Waals surface area contributed by atoms with Crippen molar-refractivity contribution < 1.29 is 9.53 Å². The molecule has 0 aromatic carbocycles. The van der Waals surface area contributed by atoms with Gasteiger partial charge in [-0.25, -0.2) is 4.79 Å². The highest BCUT2D eigenvalue weighted by molar-refractivity contribution is 5.74. The fourth-order valence-electron chi connectivity index (χ4n) is 3.35. The third-order valence-corrected chi connectivity index (χ3v) is 5.14. The molecule has 1 aromatic heterocycles. The van der Waals surface area contributed by atoms with Crippen LogP contribution in [-0.2, 0) is 18.3 Å². The van der Waals surface area contributed by atoms with Crippen molar-refractivity contribution in [3.8, 4) is 0 Å². The predicted molar refractivity (Wildman–Crippen MR) is 88.3 cm³/mol. The molecular weight excluding hydrogens is 292 g/mol. The van der Waals surface area contributed by atoms with Gasteiger partial charge < -0.3 is 15.0 Å². The lowest BCUT2D eigenvalue weighted by Crippen LogP contribution is -2.43. The lowest BCUT2D eigenvalue weighted by atomic mass is 9.80. The first-order valence-electron chi connectivity index (χ1n) is 8.84. The molecular formula is C17H28N4O2. The smallest absolute Gasteiger partial charge is 0.317 e. The van der Waals surface area contributed by atoms with E-state index in [0.717, 1.165) is 31.7 Å². The van der Waals surface area contributed by atoms with E-state index in [1.165, 1.54) is 24.8 Å². The van der Waals surface area contributed by atoms with Crippen molar-refractivity contribution in [3.05, 3.63) is 17.5 Å². The Balaban J connectivity index is 1.59. The van der Waals surface area contributed by atoms with Gasteiger partial charge in [0.05, 0.1) is 24.5 Å². The summed E-state index contributed by atoms with van der Waals surface area (Å²) in [6.45, 7) is 4.85. The number of urea groups is 1. The molecule has 2 heterocycles. The molecule has 1 saturated heterocycles.